The summed E-state index contributed by atoms with van der Waals surface area (Å²) in [5, 5.41) is 23.1. The average molecular weight is 1660 g/mol. The Labute approximate surface area is 738 Å². The highest BCUT2D eigenvalue weighted by Crippen LogP contribution is 2.24. The lowest BCUT2D eigenvalue weighted by molar-refractivity contribution is 0.533. The van der Waals surface area contributed by atoms with Gasteiger partial charge >= 0.3 is 0 Å². The van der Waals surface area contributed by atoms with Gasteiger partial charge < -0.3 is 0 Å². The summed E-state index contributed by atoms with van der Waals surface area (Å²) in [7, 11) is 0. The Morgan fingerprint density at radius 1 is 0.167 bits per heavy atom. The first-order valence-electron chi connectivity index (χ1n) is 43.8. The van der Waals surface area contributed by atoms with Crippen molar-refractivity contribution in [1.82, 2.24) is 100 Å². The van der Waals surface area contributed by atoms with E-state index in [1.165, 1.54) is 30.1 Å². The predicted octanol–water partition coefficient (Wildman–Crippen LogP) is 28.0. The van der Waals surface area contributed by atoms with E-state index in [1.807, 2.05) is 206 Å². The summed E-state index contributed by atoms with van der Waals surface area (Å²) in [4.78, 5) is 56.4. The Morgan fingerprint density at radius 3 is 0.775 bits per heavy atom. The van der Waals surface area contributed by atoms with Crippen LogP contribution in [0.3, 0.4) is 0 Å². The highest BCUT2D eigenvalue weighted by Gasteiger charge is 2.21. The Kier molecular flexibility index (Phi) is 83.2. The molecule has 0 aromatic carbocycles. The molecule has 10 heterocycles. The van der Waals surface area contributed by atoms with E-state index in [4.69, 9.17) is 0 Å². The van der Waals surface area contributed by atoms with E-state index in [-0.39, 0.29) is 54.1 Å². The van der Waals surface area contributed by atoms with Crippen LogP contribution in [0.25, 0.3) is 0 Å². The second-order valence-electron chi connectivity index (χ2n) is 33.5. The lowest BCUT2D eigenvalue weighted by atomic mass is 9.88. The lowest BCUT2D eigenvalue weighted by Gasteiger charge is -2.17. The normalized spacial score (nSPS) is 10.1. The van der Waals surface area contributed by atoms with E-state index in [0.29, 0.717) is 0 Å². The van der Waals surface area contributed by atoms with Crippen molar-refractivity contribution in [3.05, 3.63) is 242 Å². The standard InChI is InChI=1S/3C9H13N.4C8H12N2.3C7H11N3.10C2H6/c1-9(2,3)8-4-6-10-7-5-8;1-9(2,3)8-5-4-6-10-7-8;1-9(2,3)8-6-4-5-7-10-8;1-8(2,3)7-6-9-4-5-10-7;1-8(2,3)7-4-5-9-6-10-7;1-8(2,3)7-9-5-4-6-10-7;1-8(2,3)7-5-4-6-9-10-7;1-7(2,3)6-9-4-8-5-10-6;1-7(2,3)6-4-8-5-9-10-6;1-7(2,3)6-8-4-5-9-10-6;10*1-2/h3*4-7H,1-3H3;4*4-6H,1-3H3;3*4-5H,1-3H3;10*1-2H3. The van der Waals surface area contributed by atoms with Crippen molar-refractivity contribution in [2.24, 2.45) is 0 Å². The maximum atomic E-state index is 4.25. The summed E-state index contributed by atoms with van der Waals surface area (Å²) >= 11 is 0. The molecule has 10 aromatic rings. The topological polar surface area (TPSA) is 258 Å². The number of nitrogens with zero attached hydrogens (tertiary/aromatic N) is 20. The van der Waals surface area contributed by atoms with Gasteiger partial charge in [0.2, 0.25) is 0 Å². The van der Waals surface area contributed by atoms with Gasteiger partial charge in [-0.1, -0.05) is 358 Å². The average Bonchev–Trinajstić information content (AvgIpc) is 0.970. The van der Waals surface area contributed by atoms with Gasteiger partial charge in [0.15, 0.2) is 5.82 Å². The third kappa shape index (κ3) is 73.9. The molecule has 0 bridgehead atoms. The molecule has 0 aliphatic rings. The van der Waals surface area contributed by atoms with Gasteiger partial charge in [-0.15, -0.1) is 10.2 Å². The molecule has 680 valence electrons. The van der Waals surface area contributed by atoms with Gasteiger partial charge in [-0.25, -0.2) is 44.9 Å². The van der Waals surface area contributed by atoms with Gasteiger partial charge in [0.25, 0.3) is 0 Å². The van der Waals surface area contributed by atoms with Crippen LogP contribution < -0.4 is 0 Å². The fourth-order valence-electron chi connectivity index (χ4n) is 7.08. The number of hydrogen-bond acceptors (Lipinski definition) is 20. The zero-order valence-electron chi connectivity index (χ0n) is 86.3. The van der Waals surface area contributed by atoms with Gasteiger partial charge in [0, 0.05) is 135 Å². The summed E-state index contributed by atoms with van der Waals surface area (Å²) in [6.07, 6.45) is 32.5. The number of pyridine rings is 3. The molecule has 0 fully saturated rings. The molecule has 0 aliphatic heterocycles. The summed E-state index contributed by atoms with van der Waals surface area (Å²) in [5.74, 6) is 2.52. The molecule has 0 atom stereocenters. The molecule has 0 saturated heterocycles. The lowest BCUT2D eigenvalue weighted by Crippen LogP contribution is -2.15. The molecule has 0 radical (unpaired) electrons. The zero-order valence-corrected chi connectivity index (χ0v) is 86.3. The van der Waals surface area contributed by atoms with Crippen LogP contribution in [-0.4, -0.2) is 100 Å². The third-order valence-electron chi connectivity index (χ3n) is 13.3. The highest BCUT2D eigenvalue weighted by atomic mass is 15.1. The van der Waals surface area contributed by atoms with Crippen molar-refractivity contribution in [3.63, 3.8) is 0 Å². The van der Waals surface area contributed by atoms with Crippen molar-refractivity contribution in [2.45, 2.75) is 400 Å². The maximum absolute atomic E-state index is 4.25. The van der Waals surface area contributed by atoms with Gasteiger partial charge in [-0.05, 0) is 76.6 Å². The van der Waals surface area contributed by atoms with Crippen LogP contribution in [0, 0.1) is 0 Å². The van der Waals surface area contributed by atoms with Crippen LogP contribution in [0.4, 0.5) is 0 Å². The molecule has 120 heavy (non-hydrogen) atoms. The highest BCUT2D eigenvalue weighted by molar-refractivity contribution is 5.20. The number of rotatable bonds is 0. The SMILES string of the molecule is CC.CC.CC.CC.CC.CC.CC.CC.CC.CC.CC(C)(C)c1ccccn1.CC(C)(C)c1cccnc1.CC(C)(C)c1cccnn1.CC(C)(C)c1ccncc1.CC(C)(C)c1ccncn1.CC(C)(C)c1cnccn1.CC(C)(C)c1cncnn1.CC(C)(C)c1ncccn1.CC(C)(C)c1nccnn1.CC(C)(C)c1ncncn1. The van der Waals surface area contributed by atoms with Crippen molar-refractivity contribution in [1.29, 1.82) is 0 Å². The summed E-state index contributed by atoms with van der Waals surface area (Å²) in [6, 6.07) is 21.9. The van der Waals surface area contributed by atoms with Gasteiger partial charge in [-0.3, -0.25) is 24.9 Å². The second-order valence-corrected chi connectivity index (χ2v) is 33.5. The van der Waals surface area contributed by atoms with Crippen molar-refractivity contribution >= 4 is 0 Å². The van der Waals surface area contributed by atoms with Gasteiger partial charge in [0.1, 0.15) is 37.0 Å². The van der Waals surface area contributed by atoms with Crippen LogP contribution >= 0.6 is 0 Å². The molecule has 20 nitrogen and oxygen atoms in total. The molecule has 20 heteroatoms. The Hall–Kier alpha value is -9.20. The van der Waals surface area contributed by atoms with Crippen LogP contribution in [0.2, 0.25) is 0 Å². The first-order valence-corrected chi connectivity index (χ1v) is 43.8. The van der Waals surface area contributed by atoms with Crippen LogP contribution in [-0.2, 0) is 54.1 Å². The van der Waals surface area contributed by atoms with Gasteiger partial charge in [0.05, 0.1) is 29.5 Å². The van der Waals surface area contributed by atoms with Crippen molar-refractivity contribution < 1.29 is 0 Å². The molecule has 0 amide bonds. The Bertz CT molecular complexity index is 2810. The molecule has 0 aliphatic carbocycles. The predicted molar refractivity (Wildman–Crippen MR) is 521 cm³/mol. The zero-order chi connectivity index (χ0) is 96.1. The smallest absolute Gasteiger partial charge is 0.156 e. The number of hydrogen-bond donors (Lipinski definition) is 0. The Morgan fingerprint density at radius 2 is 0.525 bits per heavy atom. The fourth-order valence-corrected chi connectivity index (χ4v) is 7.08. The minimum Gasteiger partial charge on any atom is -0.265 e. The monoisotopic (exact) mass is 1660 g/mol. The molecule has 0 saturated carbocycles. The molecule has 0 unspecified atom stereocenters. The van der Waals surface area contributed by atoms with Crippen molar-refractivity contribution in [2.75, 3.05) is 0 Å². The molecular weight excluding hydrogens is 1480 g/mol. The minimum absolute atomic E-state index is 0.00819. The molecule has 10 aromatic heterocycles. The molecule has 0 spiro atoms. The van der Waals surface area contributed by atoms with E-state index >= 15 is 0 Å². The van der Waals surface area contributed by atoms with Crippen LogP contribution in [0.15, 0.2) is 185 Å². The van der Waals surface area contributed by atoms with E-state index in [9.17, 15) is 0 Å². The molecular formula is C100H180N20. The number of aromatic nitrogens is 20. The largest absolute Gasteiger partial charge is 0.265 e. The maximum Gasteiger partial charge on any atom is 0.156 e. The van der Waals surface area contributed by atoms with Crippen LogP contribution in [0.5, 0.6) is 0 Å². The summed E-state index contributed by atoms with van der Waals surface area (Å²) in [5.41, 5.74) is 9.07. The first-order chi connectivity index (χ1) is 56.1. The first kappa shape index (κ1) is 131. The quantitative estimate of drug-likeness (QED) is 0.137. The van der Waals surface area contributed by atoms with E-state index in [0.717, 1.165) is 45.9 Å². The van der Waals surface area contributed by atoms with E-state index < -0.39 is 0 Å². The third-order valence-corrected chi connectivity index (χ3v) is 13.3. The second kappa shape index (κ2) is 76.0. The molecule has 10 rings (SSSR count). The molecule has 0 N–H and O–H groups in total. The van der Waals surface area contributed by atoms with Gasteiger partial charge in [-0.2, -0.15) is 20.4 Å². The Balaban J connectivity index is -0.000000137. The summed E-state index contributed by atoms with van der Waals surface area (Å²) < 4.78 is 0. The fraction of sp³-hybridized carbons (Fsp3) is 0.600. The van der Waals surface area contributed by atoms with Crippen molar-refractivity contribution in [3.8, 4) is 0 Å². The minimum atomic E-state index is 0.00819. The summed E-state index contributed by atoms with van der Waals surface area (Å²) in [6.45, 7) is 104. The van der Waals surface area contributed by atoms with Crippen LogP contribution in [0.1, 0.15) is 403 Å². The van der Waals surface area contributed by atoms with E-state index in [2.05, 4.69) is 332 Å². The van der Waals surface area contributed by atoms with E-state index in [1.54, 1.807) is 74.5 Å².